The number of Topliss-reactive ketones (excluding diaryl/α,β-unsaturated/α-hetero) is 1. The van der Waals surface area contributed by atoms with E-state index >= 15 is 0 Å². The summed E-state index contributed by atoms with van der Waals surface area (Å²) in [4.78, 5) is 32.9. The molecule has 18 heavy (non-hydrogen) atoms. The monoisotopic (exact) mass is 254 g/mol. The topological polar surface area (TPSA) is 136 Å². The molecule has 0 aliphatic carbocycles. The molecule has 0 heterocycles. The molecule has 8 nitrogen and oxygen atoms in total. The minimum Gasteiger partial charge on any atom is -0.508 e. The lowest BCUT2D eigenvalue weighted by atomic mass is 10.0. The number of nitroso groups, excluding NO2 is 1. The van der Waals surface area contributed by atoms with Gasteiger partial charge in [-0.25, -0.2) is 5.48 Å². The summed E-state index contributed by atoms with van der Waals surface area (Å²) in [5, 5.41) is 29.2. The average Bonchev–Trinajstić information content (AvgIpc) is 2.34. The molecule has 0 aliphatic rings. The van der Waals surface area contributed by atoms with Gasteiger partial charge >= 0.3 is 0 Å². The molecular formula is C10H10N2O6. The molecule has 4 N–H and O–H groups in total. The van der Waals surface area contributed by atoms with Crippen molar-refractivity contribution in [2.45, 2.75) is 12.5 Å². The van der Waals surface area contributed by atoms with Crippen LogP contribution >= 0.6 is 0 Å². The van der Waals surface area contributed by atoms with Gasteiger partial charge in [-0.05, 0) is 12.1 Å². The highest BCUT2D eigenvalue weighted by Gasteiger charge is 2.24. The molecule has 8 heteroatoms. The number of hydrogen-bond acceptors (Lipinski definition) is 7. The highest BCUT2D eigenvalue weighted by Crippen LogP contribution is 2.24. The van der Waals surface area contributed by atoms with Crippen LogP contribution in [0.5, 0.6) is 11.5 Å². The van der Waals surface area contributed by atoms with Crippen molar-refractivity contribution in [3.63, 3.8) is 0 Å². The Morgan fingerprint density at radius 1 is 1.33 bits per heavy atom. The molecule has 0 radical (unpaired) electrons. The summed E-state index contributed by atoms with van der Waals surface area (Å²) < 4.78 is 0. The summed E-state index contributed by atoms with van der Waals surface area (Å²) in [5.41, 5.74) is 1.05. The third kappa shape index (κ3) is 3.01. The van der Waals surface area contributed by atoms with Crippen LogP contribution in [0, 0.1) is 4.91 Å². The van der Waals surface area contributed by atoms with Gasteiger partial charge in [-0.1, -0.05) is 5.18 Å². The Hall–Kier alpha value is -2.48. The summed E-state index contributed by atoms with van der Waals surface area (Å²) in [7, 11) is 0. The molecule has 96 valence electrons. The van der Waals surface area contributed by atoms with E-state index in [2.05, 4.69) is 5.18 Å². The maximum atomic E-state index is 11.7. The summed E-state index contributed by atoms with van der Waals surface area (Å²) in [6, 6.07) is 1.67. The number of carbonyl (C=O) groups is 2. The average molecular weight is 254 g/mol. The molecule has 1 atom stereocenters. The first-order chi connectivity index (χ1) is 8.49. The second-order valence-corrected chi connectivity index (χ2v) is 3.43. The smallest absolute Gasteiger partial charge is 0.272 e. The lowest BCUT2D eigenvalue weighted by Crippen LogP contribution is -2.32. The van der Waals surface area contributed by atoms with Crippen LogP contribution < -0.4 is 5.48 Å². The zero-order valence-electron chi connectivity index (χ0n) is 9.03. The molecule has 0 bridgehead atoms. The normalized spacial score (nSPS) is 11.6. The SMILES string of the molecule is O=NC(CC(=O)c1ccc(O)cc1O)C(=O)NO. The van der Waals surface area contributed by atoms with Gasteiger partial charge in [0.1, 0.15) is 11.5 Å². The number of phenolic OH excluding ortho intramolecular Hbond substituents is 2. The van der Waals surface area contributed by atoms with Crippen LogP contribution in [-0.2, 0) is 4.79 Å². The number of rotatable bonds is 5. The van der Waals surface area contributed by atoms with Crippen molar-refractivity contribution in [2.24, 2.45) is 5.18 Å². The van der Waals surface area contributed by atoms with Crippen molar-refractivity contribution < 1.29 is 25.0 Å². The van der Waals surface area contributed by atoms with Gasteiger partial charge in [0, 0.05) is 12.5 Å². The zero-order chi connectivity index (χ0) is 13.7. The number of ketones is 1. The second kappa shape index (κ2) is 5.73. The highest BCUT2D eigenvalue weighted by molar-refractivity contribution is 6.01. The van der Waals surface area contributed by atoms with E-state index in [1.165, 1.54) is 11.5 Å². The predicted molar refractivity (Wildman–Crippen MR) is 58.2 cm³/mol. The zero-order valence-corrected chi connectivity index (χ0v) is 9.03. The van der Waals surface area contributed by atoms with Gasteiger partial charge in [-0.2, -0.15) is 0 Å². The maximum absolute atomic E-state index is 11.7. The van der Waals surface area contributed by atoms with E-state index in [1.54, 1.807) is 0 Å². The molecule has 1 aromatic carbocycles. The Balaban J connectivity index is 2.87. The molecule has 0 aliphatic heterocycles. The third-order valence-electron chi connectivity index (χ3n) is 2.20. The first-order valence-corrected chi connectivity index (χ1v) is 4.81. The van der Waals surface area contributed by atoms with Crippen LogP contribution in [0.4, 0.5) is 0 Å². The largest absolute Gasteiger partial charge is 0.508 e. The quantitative estimate of drug-likeness (QED) is 0.258. The van der Waals surface area contributed by atoms with Gasteiger partial charge in [0.2, 0.25) is 0 Å². The Kier molecular flexibility index (Phi) is 4.33. The Bertz CT molecular complexity index is 487. The number of carbonyl (C=O) groups excluding carboxylic acids is 2. The lowest BCUT2D eigenvalue weighted by molar-refractivity contribution is -0.130. The number of hydroxylamine groups is 1. The van der Waals surface area contributed by atoms with E-state index in [9.17, 15) is 19.6 Å². The van der Waals surface area contributed by atoms with Gasteiger partial charge in [-0.3, -0.25) is 14.8 Å². The van der Waals surface area contributed by atoms with E-state index in [0.717, 1.165) is 12.1 Å². The molecule has 1 aromatic rings. The van der Waals surface area contributed by atoms with Crippen LogP contribution in [-0.4, -0.2) is 33.2 Å². The van der Waals surface area contributed by atoms with Crippen molar-refractivity contribution >= 4 is 11.7 Å². The maximum Gasteiger partial charge on any atom is 0.272 e. The number of nitrogens with one attached hydrogen (secondary N) is 1. The Morgan fingerprint density at radius 3 is 2.50 bits per heavy atom. The molecule has 0 fully saturated rings. The standard InChI is InChI=1S/C10H10N2O6/c13-5-1-2-6(8(14)3-5)9(15)4-7(11-17)10(16)12-18/h1-3,7,13-14,18H,4H2,(H,12,16). The molecule has 0 spiro atoms. The van der Waals surface area contributed by atoms with Crippen molar-refractivity contribution in [3.8, 4) is 11.5 Å². The Labute approximate surface area is 101 Å². The molecular weight excluding hydrogens is 244 g/mol. The van der Waals surface area contributed by atoms with Crippen molar-refractivity contribution in [2.75, 3.05) is 0 Å². The number of amides is 1. The number of phenols is 2. The third-order valence-corrected chi connectivity index (χ3v) is 2.20. The molecule has 1 unspecified atom stereocenters. The van der Waals surface area contributed by atoms with Crippen LogP contribution in [0.1, 0.15) is 16.8 Å². The van der Waals surface area contributed by atoms with Crippen molar-refractivity contribution in [3.05, 3.63) is 28.7 Å². The fraction of sp³-hybridized carbons (Fsp3) is 0.200. The van der Waals surface area contributed by atoms with Gasteiger partial charge in [0.05, 0.1) is 5.56 Å². The van der Waals surface area contributed by atoms with Crippen LogP contribution in [0.2, 0.25) is 0 Å². The molecule has 0 aromatic heterocycles. The van der Waals surface area contributed by atoms with Crippen molar-refractivity contribution in [1.82, 2.24) is 5.48 Å². The first kappa shape index (κ1) is 13.6. The summed E-state index contributed by atoms with van der Waals surface area (Å²) in [6.07, 6.45) is -0.603. The lowest BCUT2D eigenvalue weighted by Gasteiger charge is -2.07. The number of benzene rings is 1. The summed E-state index contributed by atoms with van der Waals surface area (Å²) >= 11 is 0. The van der Waals surface area contributed by atoms with Crippen LogP contribution in [0.25, 0.3) is 0 Å². The van der Waals surface area contributed by atoms with Gasteiger partial charge in [0.15, 0.2) is 11.8 Å². The first-order valence-electron chi connectivity index (χ1n) is 4.81. The number of aromatic hydroxyl groups is 2. The van der Waals surface area contributed by atoms with E-state index in [0.29, 0.717) is 0 Å². The highest BCUT2D eigenvalue weighted by atomic mass is 16.5. The minimum absolute atomic E-state index is 0.160. The van der Waals surface area contributed by atoms with E-state index in [-0.39, 0.29) is 11.3 Å². The van der Waals surface area contributed by atoms with Gasteiger partial charge < -0.3 is 10.2 Å². The molecule has 0 saturated carbocycles. The number of nitrogens with zero attached hydrogens (tertiary/aromatic N) is 1. The predicted octanol–water partition coefficient (Wildman–Crippen LogP) is 0.311. The van der Waals surface area contributed by atoms with E-state index < -0.39 is 29.9 Å². The van der Waals surface area contributed by atoms with E-state index in [4.69, 9.17) is 10.3 Å². The fourth-order valence-electron chi connectivity index (χ4n) is 1.29. The van der Waals surface area contributed by atoms with Crippen LogP contribution in [0.3, 0.4) is 0 Å². The second-order valence-electron chi connectivity index (χ2n) is 3.43. The summed E-state index contributed by atoms with van der Waals surface area (Å²) in [5.74, 6) is -2.55. The van der Waals surface area contributed by atoms with Gasteiger partial charge in [0.25, 0.3) is 5.91 Å². The molecule has 1 amide bonds. The molecule has 0 saturated heterocycles. The number of hydrogen-bond donors (Lipinski definition) is 4. The fourth-order valence-corrected chi connectivity index (χ4v) is 1.29. The van der Waals surface area contributed by atoms with Crippen molar-refractivity contribution in [1.29, 1.82) is 0 Å². The molecule has 1 rings (SSSR count). The Morgan fingerprint density at radius 2 is 2.00 bits per heavy atom. The van der Waals surface area contributed by atoms with Gasteiger partial charge in [-0.15, -0.1) is 4.91 Å². The van der Waals surface area contributed by atoms with Crippen LogP contribution in [0.15, 0.2) is 23.4 Å². The van der Waals surface area contributed by atoms with E-state index in [1.807, 2.05) is 0 Å². The minimum atomic E-state index is -1.59. The summed E-state index contributed by atoms with van der Waals surface area (Å²) in [6.45, 7) is 0.